The molecule has 0 aliphatic rings. The van der Waals surface area contributed by atoms with Crippen molar-refractivity contribution in [3.63, 3.8) is 0 Å². The molecule has 20 nitrogen and oxygen atoms in total. The van der Waals surface area contributed by atoms with Crippen LogP contribution in [0.25, 0.3) is 11.0 Å². The van der Waals surface area contributed by atoms with E-state index < -0.39 is 103 Å². The summed E-state index contributed by atoms with van der Waals surface area (Å²) in [6, 6.07) is -0.345. The Hall–Kier alpha value is -6.59. The number of hydrogen-bond donors (Lipinski definition) is 10. The van der Waals surface area contributed by atoms with Crippen LogP contribution in [0, 0.1) is 17.8 Å². The Bertz CT molecular complexity index is 2000. The van der Waals surface area contributed by atoms with Gasteiger partial charge in [-0.15, -0.1) is 6.42 Å². The van der Waals surface area contributed by atoms with Gasteiger partial charge in [0.15, 0.2) is 17.0 Å². The van der Waals surface area contributed by atoms with Gasteiger partial charge in [0, 0.05) is 43.3 Å². The number of nitrogens with zero attached hydrogens (tertiary/aromatic N) is 2. The summed E-state index contributed by atoms with van der Waals surface area (Å²) in [4.78, 5) is 112. The number of carboxylic acids is 4. The van der Waals surface area contributed by atoms with Crippen molar-refractivity contribution in [2.75, 3.05) is 23.7 Å². The summed E-state index contributed by atoms with van der Waals surface area (Å²) in [7, 11) is 0. The fourth-order valence-electron chi connectivity index (χ4n) is 5.65. The predicted molar refractivity (Wildman–Crippen MR) is 186 cm³/mol. The Morgan fingerprint density at radius 1 is 0.943 bits per heavy atom. The molecule has 13 N–H and O–H groups in total. The van der Waals surface area contributed by atoms with E-state index in [4.69, 9.17) is 28.7 Å². The number of anilines is 2. The smallest absolute Gasteiger partial charge is 0.325 e. The lowest BCUT2D eigenvalue weighted by Gasteiger charge is -2.33. The minimum absolute atomic E-state index is 0.0548. The van der Waals surface area contributed by atoms with E-state index in [1.165, 1.54) is 24.3 Å². The van der Waals surface area contributed by atoms with Crippen molar-refractivity contribution in [2.45, 2.75) is 56.7 Å². The quantitative estimate of drug-likeness (QED) is 0.0447. The average Bonchev–Trinajstić information content (AvgIpc) is 3.51. The van der Waals surface area contributed by atoms with Crippen molar-refractivity contribution in [2.24, 2.45) is 16.9 Å². The third-order valence-electron chi connectivity index (χ3n) is 8.39. The first-order chi connectivity index (χ1) is 24.9. The largest absolute Gasteiger partial charge is 0.481 e. The van der Waals surface area contributed by atoms with Crippen molar-refractivity contribution >= 4 is 64.0 Å². The number of H-pyrrole nitrogens is 2. The van der Waals surface area contributed by atoms with Gasteiger partial charge in [0.1, 0.15) is 11.7 Å². The van der Waals surface area contributed by atoms with Gasteiger partial charge in [0.25, 0.3) is 11.5 Å². The Labute approximate surface area is 299 Å². The van der Waals surface area contributed by atoms with Crippen LogP contribution in [0.15, 0.2) is 35.3 Å². The van der Waals surface area contributed by atoms with Crippen LogP contribution in [0.1, 0.15) is 48.0 Å². The van der Waals surface area contributed by atoms with Crippen LogP contribution in [-0.2, 0) is 35.2 Å². The molecule has 0 saturated carbocycles. The number of aliphatic carboxylic acids is 4. The second-order valence-electron chi connectivity index (χ2n) is 12.0. The third kappa shape index (κ3) is 9.81. The van der Waals surface area contributed by atoms with Gasteiger partial charge in [-0.05, 0) is 49.1 Å². The number of nitrogen functional groups attached to an aromatic ring is 1. The highest BCUT2D eigenvalue weighted by Crippen LogP contribution is 2.32. The summed E-state index contributed by atoms with van der Waals surface area (Å²) in [6.07, 6.45) is 3.29. The maximum absolute atomic E-state index is 14.0. The van der Waals surface area contributed by atoms with Crippen molar-refractivity contribution in [1.82, 2.24) is 20.3 Å². The second kappa shape index (κ2) is 17.6. The van der Waals surface area contributed by atoms with Crippen molar-refractivity contribution in [3.05, 3.63) is 51.9 Å². The minimum Gasteiger partial charge on any atom is -0.481 e. The number of nitrogens with one attached hydrogen (secondary N) is 3. The molecule has 0 spiro atoms. The van der Waals surface area contributed by atoms with Crippen LogP contribution in [0.2, 0.25) is 0 Å². The van der Waals surface area contributed by atoms with Crippen molar-refractivity contribution < 1.29 is 54.0 Å². The number of Topliss-reactive ketones (excluding diaryl/α,β-unsaturated/α-hetero) is 2. The molecule has 3 aromatic rings. The number of carboxylic acid groups (broad SMARTS) is 4. The molecule has 0 saturated heterocycles. The number of ketones is 2. The first-order valence-corrected chi connectivity index (χ1v) is 15.9. The zero-order valence-electron chi connectivity index (χ0n) is 28.0. The number of carbonyl (C=O) groups is 7. The molecule has 1 unspecified atom stereocenters. The monoisotopic (exact) mass is 738 g/mol. The highest BCUT2D eigenvalue weighted by molar-refractivity contribution is 6.25. The number of rotatable bonds is 21. The second-order valence-corrected chi connectivity index (χ2v) is 12.0. The van der Waals surface area contributed by atoms with E-state index in [9.17, 15) is 53.7 Å². The Kier molecular flexibility index (Phi) is 13.5. The number of benzene rings is 1. The SMILES string of the molecule is C#CCN(CCc1c[nH]c2nc(N)[nH]c(=O)c12)c1ccc(C(=O)N[C@@H](CCC(=O)O)C(=O)C(C[C@H](N)C(=O)O)(C(=O)O)C(=O)[C@@H](N)CCC(=O)O)cc1. The molecule has 0 fully saturated rings. The fraction of sp³-hybridized carbons (Fsp3) is 0.364. The third-order valence-corrected chi connectivity index (χ3v) is 8.39. The molecule has 53 heavy (non-hydrogen) atoms. The topological polar surface area (TPSA) is 355 Å². The summed E-state index contributed by atoms with van der Waals surface area (Å²) < 4.78 is 0. The zero-order valence-corrected chi connectivity index (χ0v) is 28.0. The summed E-state index contributed by atoms with van der Waals surface area (Å²) in [6.45, 7) is 0.413. The van der Waals surface area contributed by atoms with E-state index in [0.29, 0.717) is 35.2 Å². The van der Waals surface area contributed by atoms with E-state index in [1.807, 2.05) is 0 Å². The van der Waals surface area contributed by atoms with E-state index in [1.54, 1.807) is 11.1 Å². The molecule has 282 valence electrons. The number of nitrogens with two attached hydrogens (primary N) is 3. The van der Waals surface area contributed by atoms with Crippen molar-refractivity contribution in [3.8, 4) is 12.3 Å². The first-order valence-electron chi connectivity index (χ1n) is 15.9. The molecule has 1 aromatic carbocycles. The number of aromatic nitrogens is 3. The molecule has 2 heterocycles. The number of terminal acetylenes is 1. The average molecular weight is 739 g/mol. The van der Waals surface area contributed by atoms with E-state index in [2.05, 4.69) is 26.2 Å². The molecule has 0 aliphatic heterocycles. The van der Waals surface area contributed by atoms with Gasteiger partial charge in [-0.1, -0.05) is 5.92 Å². The van der Waals surface area contributed by atoms with E-state index in [-0.39, 0.29) is 18.1 Å². The Morgan fingerprint density at radius 3 is 2.13 bits per heavy atom. The summed E-state index contributed by atoms with van der Waals surface area (Å²) in [5.74, 6) is -8.54. The molecule has 2 aromatic heterocycles. The van der Waals surface area contributed by atoms with Crippen LogP contribution in [0.3, 0.4) is 0 Å². The highest BCUT2D eigenvalue weighted by Gasteiger charge is 2.57. The fourth-order valence-corrected chi connectivity index (χ4v) is 5.65. The van der Waals surface area contributed by atoms with Crippen LogP contribution in [-0.4, -0.2) is 108 Å². The van der Waals surface area contributed by atoms with Crippen LogP contribution in [0.5, 0.6) is 0 Å². The van der Waals surface area contributed by atoms with Gasteiger partial charge in [-0.2, -0.15) is 4.98 Å². The van der Waals surface area contributed by atoms with Crippen LogP contribution >= 0.6 is 0 Å². The summed E-state index contributed by atoms with van der Waals surface area (Å²) in [5, 5.41) is 40.6. The van der Waals surface area contributed by atoms with Gasteiger partial charge < -0.3 is 52.8 Å². The molecule has 0 bridgehead atoms. The van der Waals surface area contributed by atoms with Crippen molar-refractivity contribution in [1.29, 1.82) is 0 Å². The van der Waals surface area contributed by atoms with Gasteiger partial charge >= 0.3 is 23.9 Å². The lowest BCUT2D eigenvalue weighted by molar-refractivity contribution is -0.162. The lowest BCUT2D eigenvalue weighted by atomic mass is 9.69. The number of hydrogen-bond acceptors (Lipinski definition) is 13. The molecule has 1 amide bonds. The van der Waals surface area contributed by atoms with Gasteiger partial charge in [-0.25, -0.2) is 0 Å². The number of aromatic amines is 2. The molecular formula is C33H38N8O12. The number of fused-ring (bicyclic) bond motifs is 1. The van der Waals surface area contributed by atoms with E-state index in [0.717, 1.165) is 0 Å². The zero-order chi connectivity index (χ0) is 39.6. The predicted octanol–water partition coefficient (Wildman–Crippen LogP) is -1.32. The molecule has 3 rings (SSSR count). The van der Waals surface area contributed by atoms with E-state index >= 15 is 0 Å². The molecule has 20 heteroatoms. The highest BCUT2D eigenvalue weighted by atomic mass is 16.4. The minimum atomic E-state index is -3.32. The summed E-state index contributed by atoms with van der Waals surface area (Å²) in [5.41, 5.74) is 14.6. The number of amides is 1. The maximum Gasteiger partial charge on any atom is 0.325 e. The molecule has 0 aliphatic carbocycles. The molecular weight excluding hydrogens is 700 g/mol. The standard InChI is InChI=1S/C33H38N8O12/c1-2-12-41(13-11-17-15-37-27-24(17)29(49)40-32(36)39-27)18-5-3-16(4-6-18)28(48)38-21(8-10-23(44)45)26(47)33(31(52)53,14-20(35)30(50)51)25(46)19(34)7-9-22(42)43/h1,3-6,15,19-21H,7-14,34-35H2,(H,38,48)(H,42,43)(H,44,45)(H,50,51)(H,52,53)(H4,36,37,39,40,49)/t19-,20-,21-,33?/m0/s1. The Morgan fingerprint density at radius 2 is 1.57 bits per heavy atom. The van der Waals surface area contributed by atoms with Gasteiger partial charge in [0.2, 0.25) is 5.95 Å². The normalized spacial score (nSPS) is 13.8. The Balaban J connectivity index is 1.92. The van der Waals surface area contributed by atoms with Gasteiger partial charge in [-0.3, -0.25) is 43.3 Å². The van der Waals surface area contributed by atoms with Gasteiger partial charge in [0.05, 0.1) is 24.0 Å². The first kappa shape index (κ1) is 40.8. The van der Waals surface area contributed by atoms with Crippen LogP contribution < -0.4 is 33.0 Å². The summed E-state index contributed by atoms with van der Waals surface area (Å²) >= 11 is 0. The lowest BCUT2D eigenvalue weighted by Crippen LogP contribution is -2.61. The molecule has 0 radical (unpaired) electrons. The van der Waals surface area contributed by atoms with Crippen LogP contribution in [0.4, 0.5) is 11.6 Å². The number of carbonyl (C=O) groups excluding carboxylic acids is 3. The maximum atomic E-state index is 14.0. The molecule has 4 atom stereocenters.